The number of allylic oxidation sites excluding steroid dienone is 1. The van der Waals surface area contributed by atoms with E-state index < -0.39 is 17.8 Å². The van der Waals surface area contributed by atoms with Gasteiger partial charge in [0.15, 0.2) is 0 Å². The molecule has 38 heavy (non-hydrogen) atoms. The highest BCUT2D eigenvalue weighted by atomic mass is 35.5. The fourth-order valence-corrected chi connectivity index (χ4v) is 4.95. The Kier molecular flexibility index (Phi) is 7.46. The molecule has 4 rings (SSSR count). The normalized spacial score (nSPS) is 14.3. The summed E-state index contributed by atoms with van der Waals surface area (Å²) in [6.45, 7) is 5.45. The average molecular weight is 535 g/mol. The van der Waals surface area contributed by atoms with Crippen molar-refractivity contribution in [1.82, 2.24) is 4.57 Å². The largest absolute Gasteiger partial charge is 0.495 e. The maximum Gasteiger partial charge on any atom is 0.340 e. The van der Waals surface area contributed by atoms with Crippen LogP contribution in [0.5, 0.6) is 5.75 Å². The molecule has 2 heterocycles. The molecule has 0 radical (unpaired) electrons. The van der Waals surface area contributed by atoms with Gasteiger partial charge in [0.05, 0.1) is 54.4 Å². The second kappa shape index (κ2) is 10.6. The summed E-state index contributed by atoms with van der Waals surface area (Å²) >= 11 is 6.32. The summed E-state index contributed by atoms with van der Waals surface area (Å²) < 4.78 is 17.1. The van der Waals surface area contributed by atoms with Crippen LogP contribution in [0.3, 0.4) is 0 Å². The Labute approximate surface area is 225 Å². The highest BCUT2D eigenvalue weighted by molar-refractivity contribution is 6.32. The molecule has 0 bridgehead atoms. The Hall–Kier alpha value is -4.30. The molecule has 0 unspecified atom stereocenters. The summed E-state index contributed by atoms with van der Waals surface area (Å²) in [6.07, 6.45) is 1.67. The van der Waals surface area contributed by atoms with Gasteiger partial charge in [0.1, 0.15) is 5.75 Å². The maximum atomic E-state index is 13.7. The SMILES string of the molecule is COC(=O)C1=C(C)N(c2ccc(OC)c(Cl)c2)C(=O)/C1=C\c1cc(C)n(-c2ccccc2C(=O)OC)c1C. The third-order valence-corrected chi connectivity index (χ3v) is 6.80. The number of benzene rings is 2. The summed E-state index contributed by atoms with van der Waals surface area (Å²) in [5, 5.41) is 0.329. The van der Waals surface area contributed by atoms with Crippen LogP contribution in [0.1, 0.15) is 34.2 Å². The number of hydrogen-bond acceptors (Lipinski definition) is 6. The highest BCUT2D eigenvalue weighted by Gasteiger charge is 2.38. The number of carbonyl (C=O) groups is 3. The molecular formula is C29H27ClN2O6. The van der Waals surface area contributed by atoms with E-state index in [-0.39, 0.29) is 11.1 Å². The Morgan fingerprint density at radius 3 is 2.24 bits per heavy atom. The van der Waals surface area contributed by atoms with Gasteiger partial charge < -0.3 is 18.8 Å². The van der Waals surface area contributed by atoms with Gasteiger partial charge in [0.2, 0.25) is 0 Å². The third kappa shape index (κ3) is 4.48. The first kappa shape index (κ1) is 26.8. The van der Waals surface area contributed by atoms with Crippen molar-refractivity contribution in [1.29, 1.82) is 0 Å². The van der Waals surface area contributed by atoms with E-state index in [4.69, 9.17) is 25.8 Å². The second-order valence-electron chi connectivity index (χ2n) is 8.64. The van der Waals surface area contributed by atoms with Gasteiger partial charge in [0, 0.05) is 17.1 Å². The van der Waals surface area contributed by atoms with Crippen LogP contribution in [0.15, 0.2) is 65.4 Å². The van der Waals surface area contributed by atoms with Crippen molar-refractivity contribution in [2.45, 2.75) is 20.8 Å². The van der Waals surface area contributed by atoms with Gasteiger partial charge in [-0.3, -0.25) is 9.69 Å². The highest BCUT2D eigenvalue weighted by Crippen LogP contribution is 2.39. The van der Waals surface area contributed by atoms with Gasteiger partial charge in [-0.1, -0.05) is 23.7 Å². The van der Waals surface area contributed by atoms with Gasteiger partial charge in [-0.05, 0) is 68.8 Å². The smallest absolute Gasteiger partial charge is 0.340 e. The Morgan fingerprint density at radius 2 is 1.61 bits per heavy atom. The molecule has 0 fully saturated rings. The molecule has 0 aliphatic carbocycles. The molecule has 196 valence electrons. The van der Waals surface area contributed by atoms with Gasteiger partial charge in [-0.25, -0.2) is 9.59 Å². The number of ether oxygens (including phenoxy) is 3. The summed E-state index contributed by atoms with van der Waals surface area (Å²) in [7, 11) is 4.11. The van der Waals surface area contributed by atoms with Crippen molar-refractivity contribution < 1.29 is 28.6 Å². The number of rotatable bonds is 6. The van der Waals surface area contributed by atoms with Crippen LogP contribution in [-0.2, 0) is 19.1 Å². The number of halogens is 1. The van der Waals surface area contributed by atoms with Crippen molar-refractivity contribution in [3.8, 4) is 11.4 Å². The molecule has 0 saturated carbocycles. The molecule has 2 aromatic carbocycles. The Morgan fingerprint density at radius 1 is 0.921 bits per heavy atom. The predicted molar refractivity (Wildman–Crippen MR) is 145 cm³/mol. The van der Waals surface area contributed by atoms with Crippen LogP contribution in [0.25, 0.3) is 11.8 Å². The number of amides is 1. The molecule has 1 amide bonds. The zero-order valence-corrected chi connectivity index (χ0v) is 22.7. The average Bonchev–Trinajstić information content (AvgIpc) is 3.33. The number of para-hydroxylation sites is 1. The topological polar surface area (TPSA) is 87.1 Å². The quantitative estimate of drug-likeness (QED) is 0.310. The lowest BCUT2D eigenvalue weighted by molar-refractivity contribution is -0.136. The van der Waals surface area contributed by atoms with Crippen LogP contribution in [-0.4, -0.2) is 43.7 Å². The van der Waals surface area contributed by atoms with Crippen molar-refractivity contribution in [3.63, 3.8) is 0 Å². The monoisotopic (exact) mass is 534 g/mol. The fourth-order valence-electron chi connectivity index (χ4n) is 4.70. The molecular weight excluding hydrogens is 508 g/mol. The van der Waals surface area contributed by atoms with Crippen LogP contribution < -0.4 is 9.64 Å². The minimum absolute atomic E-state index is 0.157. The van der Waals surface area contributed by atoms with Crippen molar-refractivity contribution >= 4 is 41.2 Å². The maximum absolute atomic E-state index is 13.7. The van der Waals surface area contributed by atoms with E-state index >= 15 is 0 Å². The van der Waals surface area contributed by atoms with Crippen molar-refractivity contribution in [2.75, 3.05) is 26.2 Å². The predicted octanol–water partition coefficient (Wildman–Crippen LogP) is 5.42. The number of aromatic nitrogens is 1. The number of aryl methyl sites for hydroxylation is 1. The number of methoxy groups -OCH3 is 3. The summed E-state index contributed by atoms with van der Waals surface area (Å²) in [6, 6.07) is 14.0. The summed E-state index contributed by atoms with van der Waals surface area (Å²) in [4.78, 5) is 40.4. The van der Waals surface area contributed by atoms with E-state index in [2.05, 4.69) is 0 Å². The van der Waals surface area contributed by atoms with E-state index in [9.17, 15) is 14.4 Å². The number of nitrogens with zero attached hydrogens (tertiary/aromatic N) is 2. The molecule has 1 aliphatic rings. The van der Waals surface area contributed by atoms with Crippen LogP contribution in [0.4, 0.5) is 5.69 Å². The first-order chi connectivity index (χ1) is 18.1. The molecule has 1 aromatic heterocycles. The minimum atomic E-state index is -0.631. The number of esters is 2. The van der Waals surface area contributed by atoms with Gasteiger partial charge >= 0.3 is 11.9 Å². The fraction of sp³-hybridized carbons (Fsp3) is 0.207. The van der Waals surface area contributed by atoms with E-state index in [0.29, 0.717) is 39.0 Å². The van der Waals surface area contributed by atoms with E-state index in [1.165, 1.54) is 26.2 Å². The van der Waals surface area contributed by atoms with Gasteiger partial charge in [-0.2, -0.15) is 0 Å². The molecule has 0 N–H and O–H groups in total. The minimum Gasteiger partial charge on any atom is -0.495 e. The van der Waals surface area contributed by atoms with Crippen molar-refractivity contribution in [3.05, 3.63) is 92.9 Å². The van der Waals surface area contributed by atoms with Gasteiger partial charge in [0.25, 0.3) is 5.91 Å². The second-order valence-corrected chi connectivity index (χ2v) is 9.05. The number of anilines is 1. The zero-order chi connectivity index (χ0) is 27.7. The van der Waals surface area contributed by atoms with Crippen LogP contribution >= 0.6 is 11.6 Å². The third-order valence-electron chi connectivity index (χ3n) is 6.50. The Bertz CT molecular complexity index is 1530. The van der Waals surface area contributed by atoms with E-state index in [1.807, 2.05) is 36.6 Å². The van der Waals surface area contributed by atoms with Crippen LogP contribution in [0, 0.1) is 13.8 Å². The first-order valence-corrected chi connectivity index (χ1v) is 12.1. The lowest BCUT2D eigenvalue weighted by atomic mass is 10.0. The van der Waals surface area contributed by atoms with Gasteiger partial charge in [-0.15, -0.1) is 0 Å². The summed E-state index contributed by atoms with van der Waals surface area (Å²) in [5.41, 5.74) is 4.59. The van der Waals surface area contributed by atoms with Crippen LogP contribution in [0.2, 0.25) is 5.02 Å². The van der Waals surface area contributed by atoms with E-state index in [1.54, 1.807) is 43.3 Å². The summed E-state index contributed by atoms with van der Waals surface area (Å²) in [5.74, 6) is -1.02. The molecule has 0 saturated heterocycles. The number of carbonyl (C=O) groups excluding carboxylic acids is 3. The van der Waals surface area contributed by atoms with Crippen molar-refractivity contribution in [2.24, 2.45) is 0 Å². The number of hydrogen-bond donors (Lipinski definition) is 0. The molecule has 1 aliphatic heterocycles. The molecule has 8 nitrogen and oxygen atoms in total. The first-order valence-electron chi connectivity index (χ1n) is 11.7. The molecule has 9 heteroatoms. The lowest BCUT2D eigenvalue weighted by Crippen LogP contribution is -2.24. The lowest BCUT2D eigenvalue weighted by Gasteiger charge is -2.19. The molecule has 0 spiro atoms. The standard InChI is InChI=1S/C29H27ClN2O6/c1-16-13-19(17(2)31(16)24-10-8-7-9-21(24)28(34)37-5)14-22-26(29(35)38-6)18(3)32(27(22)33)20-11-12-25(36-4)23(30)15-20/h7-15H,1-6H3/b22-14-. The molecule has 0 atom stereocenters. The zero-order valence-electron chi connectivity index (χ0n) is 21.9. The molecule has 3 aromatic rings. The van der Waals surface area contributed by atoms with E-state index in [0.717, 1.165) is 11.4 Å². The Balaban J connectivity index is 1.86.